The van der Waals surface area contributed by atoms with E-state index in [0.29, 0.717) is 6.42 Å². The second kappa shape index (κ2) is 9.99. The quantitative estimate of drug-likeness (QED) is 0.327. The Morgan fingerprint density at radius 3 is 2.35 bits per heavy atom. The number of hydrogen-bond acceptors (Lipinski definition) is 5. The van der Waals surface area contributed by atoms with E-state index in [9.17, 15) is 25.0 Å². The van der Waals surface area contributed by atoms with Gasteiger partial charge in [-0.3, -0.25) is 25.0 Å². The van der Waals surface area contributed by atoms with Crippen LogP contribution in [-0.2, 0) is 11.2 Å². The van der Waals surface area contributed by atoms with Gasteiger partial charge in [-0.1, -0.05) is 32.1 Å². The first-order valence-corrected chi connectivity index (χ1v) is 9.24. The van der Waals surface area contributed by atoms with E-state index in [1.54, 1.807) is 5.92 Å². The van der Waals surface area contributed by atoms with Gasteiger partial charge in [0.2, 0.25) is 0 Å². The number of non-ortho nitro benzene ring substituents is 1. The Bertz CT molecular complexity index is 653. The molecule has 0 heterocycles. The van der Waals surface area contributed by atoms with Crippen LogP contribution in [0, 0.1) is 26.1 Å². The fourth-order valence-electron chi connectivity index (χ4n) is 3.46. The van der Waals surface area contributed by atoms with Crippen molar-refractivity contribution in [3.63, 3.8) is 0 Å². The summed E-state index contributed by atoms with van der Waals surface area (Å²) in [5.74, 6) is 1.59. The SMILES string of the molecule is O=C(CCCCC[C]1CCCCC1)Cc1ccc([N+](=O)[O-])cc1[N+](=O)[O-]. The molecule has 1 aromatic rings. The Labute approximate surface area is 153 Å². The maximum atomic E-state index is 12.1. The molecule has 141 valence electrons. The molecule has 1 saturated carbocycles. The second-order valence-corrected chi connectivity index (χ2v) is 6.91. The van der Waals surface area contributed by atoms with E-state index in [-0.39, 0.29) is 29.1 Å². The first-order chi connectivity index (χ1) is 12.5. The van der Waals surface area contributed by atoms with E-state index < -0.39 is 9.85 Å². The van der Waals surface area contributed by atoms with Gasteiger partial charge in [-0.2, -0.15) is 0 Å². The zero-order valence-corrected chi connectivity index (χ0v) is 14.9. The van der Waals surface area contributed by atoms with Gasteiger partial charge in [0.05, 0.1) is 15.9 Å². The molecule has 2 rings (SSSR count). The fraction of sp³-hybridized carbons (Fsp3) is 0.579. The van der Waals surface area contributed by atoms with Crippen molar-refractivity contribution >= 4 is 17.2 Å². The van der Waals surface area contributed by atoms with E-state index in [0.717, 1.165) is 31.7 Å². The van der Waals surface area contributed by atoms with Crippen molar-refractivity contribution in [3.05, 3.63) is 49.9 Å². The highest BCUT2D eigenvalue weighted by Gasteiger charge is 2.21. The summed E-state index contributed by atoms with van der Waals surface area (Å²) in [6.45, 7) is 0. The third-order valence-electron chi connectivity index (χ3n) is 4.91. The van der Waals surface area contributed by atoms with E-state index in [1.807, 2.05) is 0 Å². The molecule has 0 bridgehead atoms. The van der Waals surface area contributed by atoms with Crippen LogP contribution in [0.2, 0.25) is 0 Å². The molecule has 1 fully saturated rings. The molecule has 1 radical (unpaired) electrons. The van der Waals surface area contributed by atoms with Crippen molar-refractivity contribution in [2.45, 2.75) is 70.6 Å². The van der Waals surface area contributed by atoms with Gasteiger partial charge in [0.25, 0.3) is 11.4 Å². The lowest BCUT2D eigenvalue weighted by molar-refractivity contribution is -0.394. The minimum Gasteiger partial charge on any atom is -0.299 e. The predicted octanol–water partition coefficient (Wildman–Crippen LogP) is 5.10. The van der Waals surface area contributed by atoms with E-state index in [2.05, 4.69) is 0 Å². The first kappa shape index (κ1) is 20.0. The number of hydrogen-bond donors (Lipinski definition) is 0. The van der Waals surface area contributed by atoms with Crippen LogP contribution in [0.4, 0.5) is 11.4 Å². The highest BCUT2D eigenvalue weighted by atomic mass is 16.6. The van der Waals surface area contributed by atoms with Crippen LogP contribution in [0.15, 0.2) is 18.2 Å². The van der Waals surface area contributed by atoms with Crippen LogP contribution < -0.4 is 0 Å². The summed E-state index contributed by atoms with van der Waals surface area (Å²) in [4.78, 5) is 32.6. The average molecular weight is 361 g/mol. The molecule has 0 saturated heterocycles. The lowest BCUT2D eigenvalue weighted by Crippen LogP contribution is -2.06. The van der Waals surface area contributed by atoms with Crippen LogP contribution >= 0.6 is 0 Å². The van der Waals surface area contributed by atoms with E-state index in [1.165, 1.54) is 44.2 Å². The molecule has 0 N–H and O–H groups in total. The smallest absolute Gasteiger partial charge is 0.279 e. The Hall–Kier alpha value is -2.31. The average Bonchev–Trinajstić information content (AvgIpc) is 2.62. The maximum Gasteiger partial charge on any atom is 0.279 e. The Balaban J connectivity index is 1.76. The van der Waals surface area contributed by atoms with Gasteiger partial charge < -0.3 is 0 Å². The zero-order chi connectivity index (χ0) is 18.9. The molecule has 0 atom stereocenters. The zero-order valence-electron chi connectivity index (χ0n) is 14.9. The van der Waals surface area contributed by atoms with Crippen molar-refractivity contribution in [2.75, 3.05) is 0 Å². The standard InChI is InChI=1S/C19H25N2O5/c22-18(10-6-2-5-9-15-7-3-1-4-8-15)13-16-11-12-17(20(23)24)14-19(16)21(25)26/h11-12,14H,1-10,13H2. The fourth-order valence-corrected chi connectivity index (χ4v) is 3.46. The van der Waals surface area contributed by atoms with Gasteiger partial charge in [-0.15, -0.1) is 0 Å². The van der Waals surface area contributed by atoms with Crippen molar-refractivity contribution in [3.8, 4) is 0 Å². The second-order valence-electron chi connectivity index (χ2n) is 6.91. The Morgan fingerprint density at radius 1 is 0.962 bits per heavy atom. The summed E-state index contributed by atoms with van der Waals surface area (Å²) in [6.07, 6.45) is 10.8. The normalized spacial score (nSPS) is 14.9. The molecule has 7 nitrogen and oxygen atoms in total. The number of carbonyl (C=O) groups is 1. The molecule has 0 aliphatic heterocycles. The van der Waals surface area contributed by atoms with Gasteiger partial charge in [-0.05, 0) is 37.7 Å². The summed E-state index contributed by atoms with van der Waals surface area (Å²) in [5, 5.41) is 21.8. The number of Topliss-reactive ketones (excluding diaryl/α,β-unsaturated/α-hetero) is 1. The monoisotopic (exact) mass is 361 g/mol. The lowest BCUT2D eigenvalue weighted by Gasteiger charge is -2.20. The molecule has 0 amide bonds. The first-order valence-electron chi connectivity index (χ1n) is 9.24. The van der Waals surface area contributed by atoms with Crippen molar-refractivity contribution < 1.29 is 14.6 Å². The van der Waals surface area contributed by atoms with Crippen LogP contribution in [-0.4, -0.2) is 15.6 Å². The summed E-state index contributed by atoms with van der Waals surface area (Å²) in [7, 11) is 0. The van der Waals surface area contributed by atoms with Gasteiger partial charge in [0, 0.05) is 24.5 Å². The van der Waals surface area contributed by atoms with E-state index >= 15 is 0 Å². The highest BCUT2D eigenvalue weighted by molar-refractivity contribution is 5.82. The topological polar surface area (TPSA) is 103 Å². The molecular formula is C19H25N2O5. The lowest BCUT2D eigenvalue weighted by atomic mass is 9.85. The molecule has 0 spiro atoms. The molecule has 1 aromatic carbocycles. The van der Waals surface area contributed by atoms with Gasteiger partial charge in [-0.25, -0.2) is 0 Å². The number of nitro benzene ring substituents is 2. The number of benzene rings is 1. The number of rotatable bonds is 10. The van der Waals surface area contributed by atoms with Gasteiger partial charge in [0.1, 0.15) is 5.78 Å². The third kappa shape index (κ3) is 6.20. The van der Waals surface area contributed by atoms with Crippen molar-refractivity contribution in [2.24, 2.45) is 0 Å². The van der Waals surface area contributed by atoms with Gasteiger partial charge >= 0.3 is 0 Å². The third-order valence-corrected chi connectivity index (χ3v) is 4.91. The molecular weight excluding hydrogens is 336 g/mol. The Morgan fingerprint density at radius 2 is 1.69 bits per heavy atom. The highest BCUT2D eigenvalue weighted by Crippen LogP contribution is 2.30. The predicted molar refractivity (Wildman–Crippen MR) is 97.9 cm³/mol. The summed E-state index contributed by atoms with van der Waals surface area (Å²) in [5.41, 5.74) is -0.460. The molecule has 26 heavy (non-hydrogen) atoms. The minimum absolute atomic E-state index is 0.0499. The molecule has 1 aliphatic rings. The van der Waals surface area contributed by atoms with Gasteiger partial charge in [0.15, 0.2) is 0 Å². The maximum absolute atomic E-state index is 12.1. The molecule has 0 aromatic heterocycles. The van der Waals surface area contributed by atoms with Crippen LogP contribution in [0.5, 0.6) is 0 Å². The molecule has 7 heteroatoms. The largest absolute Gasteiger partial charge is 0.299 e. The minimum atomic E-state index is -0.678. The van der Waals surface area contributed by atoms with Crippen LogP contribution in [0.3, 0.4) is 0 Å². The number of unbranched alkanes of at least 4 members (excludes halogenated alkanes) is 2. The molecule has 1 aliphatic carbocycles. The number of nitrogens with zero attached hydrogens (tertiary/aromatic N) is 2. The number of carbonyl (C=O) groups excluding carboxylic acids is 1. The summed E-state index contributed by atoms with van der Waals surface area (Å²) in [6, 6.07) is 3.44. The molecule has 0 unspecified atom stereocenters. The van der Waals surface area contributed by atoms with Crippen LogP contribution in [0.25, 0.3) is 0 Å². The van der Waals surface area contributed by atoms with Crippen molar-refractivity contribution in [1.82, 2.24) is 0 Å². The van der Waals surface area contributed by atoms with E-state index in [4.69, 9.17) is 0 Å². The van der Waals surface area contributed by atoms with Crippen molar-refractivity contribution in [1.29, 1.82) is 0 Å². The summed E-state index contributed by atoms with van der Waals surface area (Å²) < 4.78 is 0. The number of ketones is 1. The summed E-state index contributed by atoms with van der Waals surface area (Å²) >= 11 is 0. The number of nitro groups is 2. The Kier molecular flexibility index (Phi) is 7.69. The van der Waals surface area contributed by atoms with Crippen LogP contribution in [0.1, 0.15) is 69.8 Å².